The predicted octanol–water partition coefficient (Wildman–Crippen LogP) is 3.89. The van der Waals surface area contributed by atoms with Gasteiger partial charge in [0.05, 0.1) is 16.6 Å². The first-order chi connectivity index (χ1) is 19.9. The van der Waals surface area contributed by atoms with Gasteiger partial charge in [0.1, 0.15) is 6.04 Å². The second-order valence-electron chi connectivity index (χ2n) is 11.2. The second kappa shape index (κ2) is 12.7. The van der Waals surface area contributed by atoms with E-state index in [2.05, 4.69) is 13.2 Å². The van der Waals surface area contributed by atoms with Crippen molar-refractivity contribution in [2.45, 2.75) is 48.4 Å². The van der Waals surface area contributed by atoms with Crippen LogP contribution in [0.2, 0.25) is 0 Å². The van der Waals surface area contributed by atoms with Crippen LogP contribution < -0.4 is 0 Å². The lowest BCUT2D eigenvalue weighted by Gasteiger charge is -2.37. The molecule has 41 heavy (non-hydrogen) atoms. The number of hydrogen-bond acceptors (Lipinski definition) is 5. The van der Waals surface area contributed by atoms with Gasteiger partial charge in [-0.3, -0.25) is 14.4 Å². The fraction of sp³-hybridized carbons (Fsp3) is 0.424. The molecule has 216 valence electrons. The van der Waals surface area contributed by atoms with Gasteiger partial charge in [-0.15, -0.1) is 24.9 Å². The summed E-state index contributed by atoms with van der Waals surface area (Å²) >= 11 is 1.68. The van der Waals surface area contributed by atoms with Crippen LogP contribution in [0.25, 0.3) is 0 Å². The number of likely N-dealkylation sites (tertiary alicyclic amines) is 1. The summed E-state index contributed by atoms with van der Waals surface area (Å²) in [6.45, 7) is 9.55. The Kier molecular flexibility index (Phi) is 9.00. The van der Waals surface area contributed by atoms with Crippen molar-refractivity contribution in [3.63, 3.8) is 0 Å². The van der Waals surface area contributed by atoms with Gasteiger partial charge in [0.2, 0.25) is 17.7 Å². The van der Waals surface area contributed by atoms with E-state index in [9.17, 15) is 19.5 Å². The van der Waals surface area contributed by atoms with Crippen LogP contribution in [0.1, 0.15) is 30.4 Å². The van der Waals surface area contributed by atoms with Crippen LogP contribution in [-0.2, 0) is 27.5 Å². The Labute approximate surface area is 246 Å². The third-order valence-corrected chi connectivity index (χ3v) is 10.6. The van der Waals surface area contributed by atoms with Gasteiger partial charge in [0.25, 0.3) is 0 Å². The minimum atomic E-state index is -0.690. The molecule has 0 aromatic heterocycles. The molecule has 2 bridgehead atoms. The van der Waals surface area contributed by atoms with Gasteiger partial charge in [0, 0.05) is 44.6 Å². The molecular formula is C33H39N3O4S. The molecule has 2 unspecified atom stereocenters. The van der Waals surface area contributed by atoms with E-state index in [0.29, 0.717) is 39.0 Å². The number of nitrogens with zero attached hydrogens (tertiary/aromatic N) is 3. The Balaban J connectivity index is 1.48. The molecule has 7 nitrogen and oxygen atoms in total. The van der Waals surface area contributed by atoms with Crippen LogP contribution in [0, 0.1) is 11.8 Å². The van der Waals surface area contributed by atoms with Crippen molar-refractivity contribution in [3.05, 3.63) is 97.1 Å². The van der Waals surface area contributed by atoms with Gasteiger partial charge in [-0.2, -0.15) is 0 Å². The maximum absolute atomic E-state index is 14.4. The minimum absolute atomic E-state index is 0.0168. The fourth-order valence-corrected chi connectivity index (χ4v) is 9.17. The third kappa shape index (κ3) is 5.47. The van der Waals surface area contributed by atoms with Crippen LogP contribution in [0.5, 0.6) is 0 Å². The van der Waals surface area contributed by atoms with Crippen molar-refractivity contribution in [3.8, 4) is 0 Å². The highest BCUT2D eigenvalue weighted by atomic mass is 32.2. The van der Waals surface area contributed by atoms with Crippen molar-refractivity contribution in [1.82, 2.24) is 14.7 Å². The monoisotopic (exact) mass is 573 g/mol. The van der Waals surface area contributed by atoms with E-state index < -0.39 is 22.6 Å². The summed E-state index contributed by atoms with van der Waals surface area (Å²) in [7, 11) is 0. The van der Waals surface area contributed by atoms with Gasteiger partial charge >= 0.3 is 0 Å². The highest BCUT2D eigenvalue weighted by Gasteiger charge is 2.74. The minimum Gasteiger partial charge on any atom is -0.396 e. The number of aliphatic hydroxyl groups excluding tert-OH is 1. The first-order valence-corrected chi connectivity index (χ1v) is 15.3. The maximum atomic E-state index is 14.4. The maximum Gasteiger partial charge on any atom is 0.247 e. The van der Waals surface area contributed by atoms with Crippen molar-refractivity contribution < 1.29 is 19.5 Å². The Morgan fingerprint density at radius 2 is 1.51 bits per heavy atom. The normalized spacial score (nSPS) is 26.1. The summed E-state index contributed by atoms with van der Waals surface area (Å²) in [4.78, 5) is 48.1. The van der Waals surface area contributed by atoms with E-state index in [-0.39, 0.29) is 36.1 Å². The lowest BCUT2D eigenvalue weighted by molar-refractivity contribution is -0.145. The van der Waals surface area contributed by atoms with Crippen molar-refractivity contribution in [1.29, 1.82) is 0 Å². The summed E-state index contributed by atoms with van der Waals surface area (Å²) in [5, 5.41) is 9.63. The van der Waals surface area contributed by atoms with Crippen LogP contribution >= 0.6 is 11.8 Å². The Morgan fingerprint density at radius 3 is 2.05 bits per heavy atom. The molecular weight excluding hydrogens is 534 g/mol. The van der Waals surface area contributed by atoms with Crippen molar-refractivity contribution >= 4 is 29.5 Å². The van der Waals surface area contributed by atoms with Crippen LogP contribution in [0.3, 0.4) is 0 Å². The molecule has 3 aliphatic heterocycles. The smallest absolute Gasteiger partial charge is 0.247 e. The van der Waals surface area contributed by atoms with E-state index in [0.717, 1.165) is 17.5 Å². The number of benzene rings is 2. The quantitative estimate of drug-likeness (QED) is 0.368. The summed E-state index contributed by atoms with van der Waals surface area (Å²) in [5.74, 6) is -1.37. The SMILES string of the molecule is C=CCN(Cc1ccccc1)C(=O)C1N(CCCO)C(=O)[C@@H]2[C@@H](C(=O)N(CC=C)Cc3ccccc3)[C@H]3CCC12S3. The Morgan fingerprint density at radius 1 is 0.951 bits per heavy atom. The number of thioether (sulfide) groups is 1. The second-order valence-corrected chi connectivity index (χ2v) is 12.8. The summed E-state index contributed by atoms with van der Waals surface area (Å²) in [6, 6.07) is 19.0. The summed E-state index contributed by atoms with van der Waals surface area (Å²) < 4.78 is -0.669. The zero-order valence-electron chi connectivity index (χ0n) is 23.4. The molecule has 0 radical (unpaired) electrons. The van der Waals surface area contributed by atoms with E-state index in [1.807, 2.05) is 60.7 Å². The summed E-state index contributed by atoms with van der Waals surface area (Å²) in [6.07, 6.45) is 5.32. The zero-order valence-corrected chi connectivity index (χ0v) is 24.3. The number of aliphatic hydroxyl groups is 1. The molecule has 3 fully saturated rings. The Hall–Kier alpha value is -3.36. The standard InChI is InChI=1S/C33H39N3O4S/c1-3-18-34(22-24-12-7-5-8-13-24)30(38)27-26-16-17-33(41-26)28(27)31(39)36(20-11-21-37)29(33)32(40)35(19-4-2)23-25-14-9-6-10-15-25/h3-10,12-15,26-29,37H,1-2,11,16-23H2/t26-,27+,28+,29?,33?/m1/s1. The van der Waals surface area contributed by atoms with E-state index in [1.54, 1.807) is 38.6 Å². The largest absolute Gasteiger partial charge is 0.396 e. The molecule has 0 saturated carbocycles. The zero-order chi connectivity index (χ0) is 29.0. The van der Waals surface area contributed by atoms with Crippen molar-refractivity contribution in [2.24, 2.45) is 11.8 Å². The topological polar surface area (TPSA) is 81.2 Å². The molecule has 1 N–H and O–H groups in total. The van der Waals surface area contributed by atoms with Crippen LogP contribution in [0.4, 0.5) is 0 Å². The number of amides is 3. The average Bonchev–Trinajstić information content (AvgIpc) is 3.63. The third-order valence-electron chi connectivity index (χ3n) is 8.63. The number of hydrogen-bond donors (Lipinski definition) is 1. The number of rotatable bonds is 13. The molecule has 3 heterocycles. The van der Waals surface area contributed by atoms with Crippen LogP contribution in [-0.4, -0.2) is 79.8 Å². The molecule has 5 rings (SSSR count). The van der Waals surface area contributed by atoms with E-state index in [4.69, 9.17) is 0 Å². The first-order valence-electron chi connectivity index (χ1n) is 14.4. The molecule has 3 amide bonds. The molecule has 5 atom stereocenters. The van der Waals surface area contributed by atoms with Gasteiger partial charge in [-0.25, -0.2) is 0 Å². The number of fused-ring (bicyclic) bond motifs is 1. The number of carbonyl (C=O) groups excluding carboxylic acids is 3. The van der Waals surface area contributed by atoms with Crippen LogP contribution in [0.15, 0.2) is 86.0 Å². The van der Waals surface area contributed by atoms with E-state index in [1.165, 1.54) is 0 Å². The van der Waals surface area contributed by atoms with Crippen molar-refractivity contribution in [2.75, 3.05) is 26.2 Å². The summed E-state index contributed by atoms with van der Waals surface area (Å²) in [5.41, 5.74) is 2.02. The highest BCUT2D eigenvalue weighted by Crippen LogP contribution is 2.66. The lowest BCUT2D eigenvalue weighted by atomic mass is 9.70. The van der Waals surface area contributed by atoms with Gasteiger partial charge < -0.3 is 19.8 Å². The van der Waals surface area contributed by atoms with Gasteiger partial charge in [-0.1, -0.05) is 72.8 Å². The molecule has 8 heteroatoms. The first kappa shape index (κ1) is 29.1. The van der Waals surface area contributed by atoms with E-state index >= 15 is 0 Å². The van der Waals surface area contributed by atoms with Gasteiger partial charge in [-0.05, 0) is 30.4 Å². The average molecular weight is 574 g/mol. The lowest BCUT2D eigenvalue weighted by Crippen LogP contribution is -2.55. The molecule has 2 aromatic rings. The molecule has 3 aliphatic rings. The Bertz CT molecular complexity index is 1270. The molecule has 3 saturated heterocycles. The predicted molar refractivity (Wildman–Crippen MR) is 162 cm³/mol. The highest BCUT2D eigenvalue weighted by molar-refractivity contribution is 8.02. The van der Waals surface area contributed by atoms with Gasteiger partial charge in [0.15, 0.2) is 0 Å². The fourth-order valence-electron chi connectivity index (χ4n) is 6.96. The molecule has 0 aliphatic carbocycles. The number of carbonyl (C=O) groups is 3. The molecule has 2 aromatic carbocycles. The molecule has 1 spiro atoms.